The smallest absolute Gasteiger partial charge is 0.339 e. The highest BCUT2D eigenvalue weighted by atomic mass is 16.5. The lowest BCUT2D eigenvalue weighted by Crippen LogP contribution is -2.24. The van der Waals surface area contributed by atoms with Crippen molar-refractivity contribution in [3.63, 3.8) is 0 Å². The van der Waals surface area contributed by atoms with Crippen LogP contribution in [0.15, 0.2) is 24.3 Å². The van der Waals surface area contributed by atoms with E-state index < -0.39 is 5.97 Å². The minimum atomic E-state index is -0.457. The third kappa shape index (κ3) is 6.40. The van der Waals surface area contributed by atoms with Gasteiger partial charge in [-0.1, -0.05) is 26.0 Å². The monoisotopic (exact) mass is 292 g/mol. The molecule has 0 heterocycles. The van der Waals surface area contributed by atoms with Crippen LogP contribution in [0.4, 0.5) is 5.69 Å². The Labute approximate surface area is 126 Å². The predicted molar refractivity (Wildman–Crippen MR) is 83.4 cm³/mol. The molecule has 2 N–H and O–H groups in total. The molecule has 0 fully saturated rings. The van der Waals surface area contributed by atoms with Gasteiger partial charge < -0.3 is 15.4 Å². The number of benzene rings is 1. The number of rotatable bonds is 8. The topological polar surface area (TPSA) is 67.4 Å². The third-order valence-electron chi connectivity index (χ3n) is 3.03. The molecule has 1 rings (SSSR count). The van der Waals surface area contributed by atoms with Gasteiger partial charge in [0.05, 0.1) is 18.4 Å². The quantitative estimate of drug-likeness (QED) is 0.570. The van der Waals surface area contributed by atoms with Crippen molar-refractivity contribution in [2.24, 2.45) is 5.92 Å². The number of ether oxygens (including phenoxy) is 1. The fourth-order valence-electron chi connectivity index (χ4n) is 1.81. The molecule has 0 atom stereocenters. The Bertz CT molecular complexity index is 472. The Balaban J connectivity index is 2.43. The predicted octanol–water partition coefficient (Wildman–Crippen LogP) is 2.44. The molecule has 116 valence electrons. The molecule has 5 nitrogen and oxygen atoms in total. The Morgan fingerprint density at radius 2 is 1.90 bits per heavy atom. The highest BCUT2D eigenvalue weighted by Crippen LogP contribution is 2.16. The van der Waals surface area contributed by atoms with Crippen molar-refractivity contribution in [2.75, 3.05) is 25.5 Å². The normalized spacial score (nSPS) is 10.5. The number of hydrogen-bond acceptors (Lipinski definition) is 4. The molecule has 0 unspecified atom stereocenters. The zero-order chi connectivity index (χ0) is 15.7. The largest absolute Gasteiger partial charge is 0.465 e. The SMILES string of the molecule is COC(=O)c1ccccc1NC(=O)CCNCCC(C)C. The zero-order valence-electron chi connectivity index (χ0n) is 12.9. The second kappa shape index (κ2) is 9.13. The van der Waals surface area contributed by atoms with Gasteiger partial charge in [0, 0.05) is 13.0 Å². The van der Waals surface area contributed by atoms with Gasteiger partial charge in [0.15, 0.2) is 0 Å². The summed E-state index contributed by atoms with van der Waals surface area (Å²) >= 11 is 0. The van der Waals surface area contributed by atoms with Crippen LogP contribution in [0.5, 0.6) is 0 Å². The lowest BCUT2D eigenvalue weighted by atomic mass is 10.1. The van der Waals surface area contributed by atoms with E-state index >= 15 is 0 Å². The molecule has 0 saturated heterocycles. The maximum absolute atomic E-state index is 11.9. The van der Waals surface area contributed by atoms with E-state index in [-0.39, 0.29) is 5.91 Å². The van der Waals surface area contributed by atoms with Gasteiger partial charge in [-0.15, -0.1) is 0 Å². The average molecular weight is 292 g/mol. The molecule has 0 aliphatic heterocycles. The van der Waals surface area contributed by atoms with Crippen LogP contribution in [0, 0.1) is 5.92 Å². The van der Waals surface area contributed by atoms with E-state index in [0.717, 1.165) is 13.0 Å². The van der Waals surface area contributed by atoms with Crippen LogP contribution >= 0.6 is 0 Å². The standard InChI is InChI=1S/C16H24N2O3/c1-12(2)8-10-17-11-9-15(19)18-14-7-5-4-6-13(14)16(20)21-3/h4-7,12,17H,8-11H2,1-3H3,(H,18,19). The third-order valence-corrected chi connectivity index (χ3v) is 3.03. The van der Waals surface area contributed by atoms with Crippen LogP contribution in [0.2, 0.25) is 0 Å². The Hall–Kier alpha value is -1.88. The Kier molecular flexibility index (Phi) is 7.46. The lowest BCUT2D eigenvalue weighted by molar-refractivity contribution is -0.116. The fourth-order valence-corrected chi connectivity index (χ4v) is 1.81. The second-order valence-electron chi connectivity index (χ2n) is 5.27. The number of hydrogen-bond donors (Lipinski definition) is 2. The maximum atomic E-state index is 11.9. The van der Waals surface area contributed by atoms with E-state index in [1.165, 1.54) is 7.11 Å². The summed E-state index contributed by atoms with van der Waals surface area (Å²) in [6.45, 7) is 5.86. The van der Waals surface area contributed by atoms with Crippen molar-refractivity contribution in [1.82, 2.24) is 5.32 Å². The van der Waals surface area contributed by atoms with E-state index in [1.807, 2.05) is 0 Å². The molecule has 1 aromatic carbocycles. The van der Waals surface area contributed by atoms with Crippen LogP contribution in [0.3, 0.4) is 0 Å². The molecular weight excluding hydrogens is 268 g/mol. The first-order valence-corrected chi connectivity index (χ1v) is 7.22. The van der Waals surface area contributed by atoms with E-state index in [9.17, 15) is 9.59 Å². The summed E-state index contributed by atoms with van der Waals surface area (Å²) in [6, 6.07) is 6.82. The molecule has 0 aliphatic carbocycles. The van der Waals surface area contributed by atoms with Crippen LogP contribution < -0.4 is 10.6 Å². The fraction of sp³-hybridized carbons (Fsp3) is 0.500. The number of anilines is 1. The molecule has 1 aromatic rings. The summed E-state index contributed by atoms with van der Waals surface area (Å²) in [5.74, 6) is 0.0719. The molecule has 1 amide bonds. The summed E-state index contributed by atoms with van der Waals surface area (Å²) in [4.78, 5) is 23.5. The lowest BCUT2D eigenvalue weighted by Gasteiger charge is -2.10. The van der Waals surface area contributed by atoms with Gasteiger partial charge >= 0.3 is 5.97 Å². The van der Waals surface area contributed by atoms with Crippen LogP contribution in [-0.2, 0) is 9.53 Å². The van der Waals surface area contributed by atoms with Gasteiger partial charge in [0.1, 0.15) is 0 Å². The molecule has 0 spiro atoms. The molecular formula is C16H24N2O3. The number of methoxy groups -OCH3 is 1. The van der Waals surface area contributed by atoms with Crippen molar-refractivity contribution < 1.29 is 14.3 Å². The number of esters is 1. The van der Waals surface area contributed by atoms with Gasteiger partial charge in [-0.2, -0.15) is 0 Å². The minimum Gasteiger partial charge on any atom is -0.465 e. The molecule has 0 radical (unpaired) electrons. The van der Waals surface area contributed by atoms with Gasteiger partial charge in [-0.3, -0.25) is 4.79 Å². The van der Waals surface area contributed by atoms with Crippen molar-refractivity contribution in [1.29, 1.82) is 0 Å². The maximum Gasteiger partial charge on any atom is 0.339 e. The molecule has 0 aliphatic rings. The van der Waals surface area contributed by atoms with E-state index in [2.05, 4.69) is 24.5 Å². The van der Waals surface area contributed by atoms with Gasteiger partial charge in [0.2, 0.25) is 5.91 Å². The molecule has 5 heteroatoms. The first kappa shape index (κ1) is 17.2. The first-order chi connectivity index (χ1) is 10.0. The van der Waals surface area contributed by atoms with Gasteiger partial charge in [-0.05, 0) is 31.0 Å². The molecule has 0 bridgehead atoms. The van der Waals surface area contributed by atoms with E-state index in [1.54, 1.807) is 24.3 Å². The summed E-state index contributed by atoms with van der Waals surface area (Å²) in [5.41, 5.74) is 0.845. The number of carbonyl (C=O) groups is 2. The highest BCUT2D eigenvalue weighted by Gasteiger charge is 2.12. The van der Waals surface area contributed by atoms with Crippen molar-refractivity contribution >= 4 is 17.6 Å². The summed E-state index contributed by atoms with van der Waals surface area (Å²) in [7, 11) is 1.32. The Morgan fingerprint density at radius 3 is 2.57 bits per heavy atom. The van der Waals surface area contributed by atoms with Crippen molar-refractivity contribution in [2.45, 2.75) is 26.7 Å². The Morgan fingerprint density at radius 1 is 1.19 bits per heavy atom. The van der Waals surface area contributed by atoms with Crippen LogP contribution in [0.25, 0.3) is 0 Å². The van der Waals surface area contributed by atoms with Crippen LogP contribution in [0.1, 0.15) is 37.0 Å². The molecule has 0 saturated carbocycles. The summed E-state index contributed by atoms with van der Waals surface area (Å²) in [5, 5.41) is 5.98. The van der Waals surface area contributed by atoms with Crippen LogP contribution in [-0.4, -0.2) is 32.1 Å². The van der Waals surface area contributed by atoms with E-state index in [4.69, 9.17) is 4.74 Å². The number of para-hydroxylation sites is 1. The second-order valence-corrected chi connectivity index (χ2v) is 5.27. The molecule has 21 heavy (non-hydrogen) atoms. The van der Waals surface area contributed by atoms with E-state index in [0.29, 0.717) is 30.1 Å². The summed E-state index contributed by atoms with van der Waals surface area (Å²) in [6.07, 6.45) is 1.46. The number of amides is 1. The zero-order valence-corrected chi connectivity index (χ0v) is 12.9. The number of carbonyl (C=O) groups excluding carboxylic acids is 2. The van der Waals surface area contributed by atoms with Gasteiger partial charge in [0.25, 0.3) is 0 Å². The first-order valence-electron chi connectivity index (χ1n) is 7.22. The minimum absolute atomic E-state index is 0.122. The summed E-state index contributed by atoms with van der Waals surface area (Å²) < 4.78 is 4.69. The highest BCUT2D eigenvalue weighted by molar-refractivity contribution is 6.01. The molecule has 0 aromatic heterocycles. The average Bonchev–Trinajstić information content (AvgIpc) is 2.46. The number of nitrogens with one attached hydrogen (secondary N) is 2. The van der Waals surface area contributed by atoms with Crippen molar-refractivity contribution in [3.05, 3.63) is 29.8 Å². The van der Waals surface area contributed by atoms with Crippen molar-refractivity contribution in [3.8, 4) is 0 Å². The van der Waals surface area contributed by atoms with Gasteiger partial charge in [-0.25, -0.2) is 4.79 Å².